The van der Waals surface area contributed by atoms with Crippen molar-refractivity contribution in [3.63, 3.8) is 0 Å². The number of nitrogens with one attached hydrogen (secondary N) is 3. The van der Waals surface area contributed by atoms with Gasteiger partial charge in [0, 0.05) is 11.4 Å². The molecule has 1 unspecified atom stereocenters. The third kappa shape index (κ3) is 7.40. The molecule has 0 bridgehead atoms. The summed E-state index contributed by atoms with van der Waals surface area (Å²) in [5.74, 6) is -0.949. The van der Waals surface area contributed by atoms with Crippen molar-refractivity contribution in [3.8, 4) is 5.75 Å². The van der Waals surface area contributed by atoms with Crippen molar-refractivity contribution in [2.45, 2.75) is 26.6 Å². The van der Waals surface area contributed by atoms with Gasteiger partial charge < -0.3 is 20.3 Å². The van der Waals surface area contributed by atoms with Crippen molar-refractivity contribution in [1.29, 1.82) is 0 Å². The Hall–Kier alpha value is -3.07. The lowest BCUT2D eigenvalue weighted by molar-refractivity contribution is -0.862. The normalized spacial score (nSPS) is 12.2. The molecule has 0 fully saturated rings. The van der Waals surface area contributed by atoms with Crippen LogP contribution in [0.3, 0.4) is 0 Å². The number of alkyl halides is 3. The van der Waals surface area contributed by atoms with E-state index in [0.717, 1.165) is 35.4 Å². The molecule has 2 aromatic carbocycles. The molecular weight excluding hydrogens is 399 g/mol. The highest BCUT2D eigenvalue weighted by molar-refractivity contribution is 5.94. The van der Waals surface area contributed by atoms with E-state index in [-0.39, 0.29) is 30.7 Å². The van der Waals surface area contributed by atoms with Crippen LogP contribution in [0.25, 0.3) is 0 Å². The molecule has 3 N–H and O–H groups in total. The summed E-state index contributed by atoms with van der Waals surface area (Å²) in [6.45, 7) is 4.03. The fraction of sp³-hybridized carbons (Fsp3) is 0.333. The van der Waals surface area contributed by atoms with Gasteiger partial charge in [0.05, 0.1) is 7.05 Å². The Morgan fingerprint density at radius 3 is 2.17 bits per heavy atom. The molecule has 2 aromatic rings. The smallest absolute Gasteiger partial charge is 0.406 e. The van der Waals surface area contributed by atoms with E-state index in [1.54, 1.807) is 7.05 Å². The van der Waals surface area contributed by atoms with Gasteiger partial charge in [0.2, 0.25) is 0 Å². The quantitative estimate of drug-likeness (QED) is 0.610. The largest absolute Gasteiger partial charge is 0.573 e. The first-order chi connectivity index (χ1) is 14.1. The van der Waals surface area contributed by atoms with E-state index in [1.807, 2.05) is 32.0 Å². The zero-order valence-electron chi connectivity index (χ0n) is 17.0. The molecule has 0 saturated heterocycles. The molecule has 162 valence electrons. The van der Waals surface area contributed by atoms with Gasteiger partial charge in [0.1, 0.15) is 5.75 Å². The Kier molecular flexibility index (Phi) is 7.82. The predicted molar refractivity (Wildman–Crippen MR) is 108 cm³/mol. The van der Waals surface area contributed by atoms with E-state index < -0.39 is 6.36 Å². The van der Waals surface area contributed by atoms with Gasteiger partial charge in [-0.05, 0) is 48.7 Å². The third-order valence-corrected chi connectivity index (χ3v) is 4.30. The number of hydrogen-bond acceptors (Lipinski definition) is 3. The van der Waals surface area contributed by atoms with Crippen LogP contribution in [0.5, 0.6) is 5.75 Å². The van der Waals surface area contributed by atoms with Crippen molar-refractivity contribution in [2.24, 2.45) is 0 Å². The minimum atomic E-state index is -4.77. The van der Waals surface area contributed by atoms with Crippen LogP contribution in [0.2, 0.25) is 0 Å². The zero-order valence-corrected chi connectivity index (χ0v) is 17.0. The molecule has 0 spiro atoms. The molecule has 30 heavy (non-hydrogen) atoms. The zero-order chi connectivity index (χ0) is 22.3. The summed E-state index contributed by atoms with van der Waals surface area (Å²) in [5, 5.41) is 5.50. The van der Waals surface area contributed by atoms with Crippen LogP contribution in [-0.2, 0) is 16.0 Å². The summed E-state index contributed by atoms with van der Waals surface area (Å²) in [7, 11) is 1.71. The highest BCUT2D eigenvalue weighted by Gasteiger charge is 2.31. The summed E-state index contributed by atoms with van der Waals surface area (Å²) < 4.78 is 40.3. The van der Waals surface area contributed by atoms with Gasteiger partial charge in [-0.3, -0.25) is 9.59 Å². The first kappa shape index (κ1) is 23.2. The Morgan fingerprint density at radius 2 is 1.60 bits per heavy atom. The van der Waals surface area contributed by atoms with Crippen molar-refractivity contribution in [1.82, 2.24) is 0 Å². The maximum atomic E-state index is 12.4. The molecule has 0 aliphatic heterocycles. The fourth-order valence-electron chi connectivity index (χ4n) is 2.94. The molecule has 0 radical (unpaired) electrons. The maximum Gasteiger partial charge on any atom is 0.573 e. The highest BCUT2D eigenvalue weighted by atomic mass is 19.4. The van der Waals surface area contributed by atoms with E-state index in [2.05, 4.69) is 15.4 Å². The molecule has 0 heterocycles. The molecule has 9 heteroatoms. The lowest BCUT2D eigenvalue weighted by Gasteiger charge is -2.16. The van der Waals surface area contributed by atoms with E-state index >= 15 is 0 Å². The van der Waals surface area contributed by atoms with Crippen molar-refractivity contribution in [3.05, 3.63) is 53.6 Å². The number of likely N-dealkylation sites (N-methyl/N-ethyl adjacent to an activating group) is 1. The van der Waals surface area contributed by atoms with Gasteiger partial charge in [-0.15, -0.1) is 13.2 Å². The second-order valence-corrected chi connectivity index (χ2v) is 6.94. The van der Waals surface area contributed by atoms with E-state index in [1.165, 1.54) is 12.1 Å². The van der Waals surface area contributed by atoms with Crippen LogP contribution in [-0.4, -0.2) is 38.3 Å². The van der Waals surface area contributed by atoms with Crippen LogP contribution >= 0.6 is 0 Å². The van der Waals surface area contributed by atoms with Crippen LogP contribution in [0.4, 0.5) is 24.5 Å². The summed E-state index contributed by atoms with van der Waals surface area (Å²) >= 11 is 0. The molecule has 2 amide bonds. The van der Waals surface area contributed by atoms with E-state index in [4.69, 9.17) is 0 Å². The summed E-state index contributed by atoms with van der Waals surface area (Å²) in [4.78, 5) is 25.2. The van der Waals surface area contributed by atoms with Crippen LogP contribution in [0.1, 0.15) is 18.1 Å². The molecule has 0 aliphatic carbocycles. The number of amides is 2. The number of carbonyl (C=O) groups is 2. The Labute approximate surface area is 173 Å². The highest BCUT2D eigenvalue weighted by Crippen LogP contribution is 2.24. The van der Waals surface area contributed by atoms with Crippen LogP contribution < -0.4 is 20.3 Å². The number of aryl methyl sites for hydroxylation is 2. The van der Waals surface area contributed by atoms with Crippen molar-refractivity contribution < 1.29 is 32.4 Å². The lowest BCUT2D eigenvalue weighted by atomic mass is 10.1. The summed E-state index contributed by atoms with van der Waals surface area (Å²) in [5.41, 5.74) is 3.13. The van der Waals surface area contributed by atoms with E-state index in [9.17, 15) is 22.8 Å². The first-order valence-electron chi connectivity index (χ1n) is 9.42. The lowest BCUT2D eigenvalue weighted by Crippen LogP contribution is -3.11. The number of ether oxygens (including phenoxy) is 1. The van der Waals surface area contributed by atoms with Gasteiger partial charge in [0.25, 0.3) is 11.8 Å². The molecular formula is C21H25F3N3O3+. The predicted octanol–water partition coefficient (Wildman–Crippen LogP) is 2.55. The number of halogens is 3. The monoisotopic (exact) mass is 424 g/mol. The van der Waals surface area contributed by atoms with Gasteiger partial charge in [-0.1, -0.05) is 25.1 Å². The number of para-hydroxylation sites is 1. The van der Waals surface area contributed by atoms with Crippen molar-refractivity contribution >= 4 is 23.2 Å². The van der Waals surface area contributed by atoms with E-state index in [0.29, 0.717) is 10.6 Å². The Balaban J connectivity index is 1.85. The molecule has 1 atom stereocenters. The molecule has 2 rings (SSSR count). The Bertz CT molecular complexity index is 883. The summed E-state index contributed by atoms with van der Waals surface area (Å²) in [6, 6.07) is 10.7. The van der Waals surface area contributed by atoms with Crippen LogP contribution in [0, 0.1) is 6.92 Å². The molecule has 6 nitrogen and oxygen atoms in total. The molecule has 0 aromatic heterocycles. The van der Waals surface area contributed by atoms with Gasteiger partial charge in [0.15, 0.2) is 13.1 Å². The minimum Gasteiger partial charge on any atom is -0.406 e. The molecule has 0 saturated carbocycles. The average Bonchev–Trinajstić information content (AvgIpc) is 2.63. The minimum absolute atomic E-state index is 0.0165. The number of hydrogen-bond donors (Lipinski definition) is 3. The Morgan fingerprint density at radius 1 is 1.00 bits per heavy atom. The number of rotatable bonds is 8. The second kappa shape index (κ2) is 10.1. The number of carbonyl (C=O) groups excluding carboxylic acids is 2. The maximum absolute atomic E-state index is 12.4. The fourth-order valence-corrected chi connectivity index (χ4v) is 2.94. The SMILES string of the molecule is CCc1cccc(C)c1NC(=O)C[NH+](C)CC(=O)Nc1ccc(OC(F)(F)F)cc1. The van der Waals surface area contributed by atoms with Gasteiger partial charge in [-0.25, -0.2) is 0 Å². The van der Waals surface area contributed by atoms with Gasteiger partial charge in [-0.2, -0.15) is 0 Å². The third-order valence-electron chi connectivity index (χ3n) is 4.30. The van der Waals surface area contributed by atoms with Gasteiger partial charge >= 0.3 is 6.36 Å². The first-order valence-corrected chi connectivity index (χ1v) is 9.42. The number of quaternary nitrogens is 1. The topological polar surface area (TPSA) is 71.9 Å². The van der Waals surface area contributed by atoms with Crippen molar-refractivity contribution in [2.75, 3.05) is 30.8 Å². The second-order valence-electron chi connectivity index (χ2n) is 6.94. The number of anilines is 2. The average molecular weight is 424 g/mol. The molecule has 0 aliphatic rings. The standard InChI is InChI=1S/C21H24F3N3O3/c1-4-15-7-5-6-14(2)20(15)26-19(29)13-27(3)12-18(28)25-16-8-10-17(11-9-16)30-21(22,23)24/h5-11H,4,12-13H2,1-3H3,(H,25,28)(H,26,29)/p+1. The summed E-state index contributed by atoms with van der Waals surface area (Å²) in [6.07, 6.45) is -3.98. The number of benzene rings is 2. The van der Waals surface area contributed by atoms with Crippen LogP contribution in [0.15, 0.2) is 42.5 Å².